The monoisotopic (exact) mass is 777 g/mol. The lowest BCUT2D eigenvalue weighted by molar-refractivity contribution is -0.167. The van der Waals surface area contributed by atoms with Gasteiger partial charge in [-0.15, -0.1) is 0 Å². The van der Waals surface area contributed by atoms with Gasteiger partial charge in [-0.05, 0) is 89.9 Å². The van der Waals surface area contributed by atoms with Crippen LogP contribution in [-0.2, 0) is 28.6 Å². The standard InChI is InChI=1S/C50H80O6/c1-4-7-10-13-16-19-22-24-26-28-31-34-37-40-43-49(52)55-46-47(45-54-48(51)42-39-36-33-30-27-21-18-15-12-9-6-3)56-50(53)44-41-38-35-32-29-25-23-20-17-14-11-8-5-2/h8-9,11-12,14,17-18,20-21,23,25-26,28-30,33,47H,4-7,10,13,15-16,19,22,24,27,31-32,34-46H2,1-3H3/b11-8-,12-9-,17-14-,21-18-,23-20-,28-26-,29-25-,33-30-. The van der Waals surface area contributed by atoms with Crippen LogP contribution < -0.4 is 0 Å². The van der Waals surface area contributed by atoms with Crippen LogP contribution in [0.1, 0.15) is 181 Å². The Morgan fingerprint density at radius 1 is 0.393 bits per heavy atom. The lowest BCUT2D eigenvalue weighted by Crippen LogP contribution is -2.30. The van der Waals surface area contributed by atoms with Gasteiger partial charge in [0.15, 0.2) is 6.10 Å². The second-order valence-electron chi connectivity index (χ2n) is 14.3. The molecule has 0 saturated heterocycles. The summed E-state index contributed by atoms with van der Waals surface area (Å²) in [5.41, 5.74) is 0. The summed E-state index contributed by atoms with van der Waals surface area (Å²) < 4.78 is 16.6. The smallest absolute Gasteiger partial charge is 0.306 e. The Hall–Kier alpha value is -3.67. The number of allylic oxidation sites excluding steroid dienone is 16. The van der Waals surface area contributed by atoms with Gasteiger partial charge in [0.2, 0.25) is 0 Å². The summed E-state index contributed by atoms with van der Waals surface area (Å²) in [4.78, 5) is 37.7. The fourth-order valence-corrected chi connectivity index (χ4v) is 5.59. The lowest BCUT2D eigenvalue weighted by atomic mass is 10.1. The molecular weight excluding hydrogens is 697 g/mol. The topological polar surface area (TPSA) is 78.9 Å². The number of carbonyl (C=O) groups is 3. The van der Waals surface area contributed by atoms with Crippen LogP contribution in [0.3, 0.4) is 0 Å². The first-order chi connectivity index (χ1) is 27.5. The Morgan fingerprint density at radius 2 is 0.804 bits per heavy atom. The van der Waals surface area contributed by atoms with Crippen molar-refractivity contribution in [3.8, 4) is 0 Å². The molecule has 316 valence electrons. The van der Waals surface area contributed by atoms with Crippen molar-refractivity contribution in [2.75, 3.05) is 13.2 Å². The number of esters is 3. The van der Waals surface area contributed by atoms with Crippen molar-refractivity contribution in [1.29, 1.82) is 0 Å². The van der Waals surface area contributed by atoms with Crippen molar-refractivity contribution in [2.24, 2.45) is 0 Å². The third kappa shape index (κ3) is 41.5. The van der Waals surface area contributed by atoms with E-state index in [4.69, 9.17) is 14.2 Å². The zero-order valence-corrected chi connectivity index (χ0v) is 35.9. The average molecular weight is 777 g/mol. The first-order valence-corrected chi connectivity index (χ1v) is 22.3. The first-order valence-electron chi connectivity index (χ1n) is 22.3. The van der Waals surface area contributed by atoms with Crippen molar-refractivity contribution in [3.05, 3.63) is 97.2 Å². The minimum atomic E-state index is -0.822. The van der Waals surface area contributed by atoms with Crippen molar-refractivity contribution >= 4 is 17.9 Å². The molecule has 0 spiro atoms. The maximum atomic E-state index is 12.7. The molecule has 0 aliphatic heterocycles. The molecule has 0 bridgehead atoms. The molecule has 0 aromatic rings. The summed E-state index contributed by atoms with van der Waals surface area (Å²) >= 11 is 0. The predicted molar refractivity (Wildman–Crippen MR) is 237 cm³/mol. The molecule has 0 N–H and O–H groups in total. The van der Waals surface area contributed by atoms with Crippen molar-refractivity contribution in [3.63, 3.8) is 0 Å². The maximum absolute atomic E-state index is 12.7. The first kappa shape index (κ1) is 52.3. The third-order valence-electron chi connectivity index (χ3n) is 8.90. The van der Waals surface area contributed by atoms with E-state index in [9.17, 15) is 14.4 Å². The zero-order valence-electron chi connectivity index (χ0n) is 35.9. The predicted octanol–water partition coefficient (Wildman–Crippen LogP) is 14.2. The normalized spacial score (nSPS) is 13.0. The van der Waals surface area contributed by atoms with Gasteiger partial charge < -0.3 is 14.2 Å². The number of hydrogen-bond donors (Lipinski definition) is 0. The molecule has 0 aromatic carbocycles. The molecule has 0 aliphatic carbocycles. The fraction of sp³-hybridized carbons (Fsp3) is 0.620. The van der Waals surface area contributed by atoms with Crippen LogP contribution in [-0.4, -0.2) is 37.2 Å². The van der Waals surface area contributed by atoms with E-state index >= 15 is 0 Å². The number of ether oxygens (including phenoxy) is 3. The number of hydrogen-bond acceptors (Lipinski definition) is 6. The Labute approximate surface area is 343 Å². The summed E-state index contributed by atoms with van der Waals surface area (Å²) in [6.07, 6.45) is 56.9. The third-order valence-corrected chi connectivity index (χ3v) is 8.90. The fourth-order valence-electron chi connectivity index (χ4n) is 5.59. The van der Waals surface area contributed by atoms with Gasteiger partial charge in [0, 0.05) is 19.3 Å². The zero-order chi connectivity index (χ0) is 40.8. The van der Waals surface area contributed by atoms with Gasteiger partial charge in [-0.1, -0.05) is 169 Å². The molecule has 6 nitrogen and oxygen atoms in total. The Kier molecular flexibility index (Phi) is 41.2. The van der Waals surface area contributed by atoms with E-state index in [-0.39, 0.29) is 44.0 Å². The van der Waals surface area contributed by atoms with Crippen LogP contribution >= 0.6 is 0 Å². The van der Waals surface area contributed by atoms with Crippen LogP contribution in [0.15, 0.2) is 97.2 Å². The van der Waals surface area contributed by atoms with E-state index in [1.54, 1.807) is 0 Å². The summed E-state index contributed by atoms with van der Waals surface area (Å²) in [6.45, 7) is 6.24. The molecular formula is C50H80O6. The highest BCUT2D eigenvalue weighted by Gasteiger charge is 2.19. The van der Waals surface area contributed by atoms with Crippen LogP contribution in [0, 0.1) is 0 Å². The molecule has 0 saturated carbocycles. The van der Waals surface area contributed by atoms with Gasteiger partial charge in [-0.3, -0.25) is 14.4 Å². The molecule has 0 rings (SSSR count). The van der Waals surface area contributed by atoms with Gasteiger partial charge in [0.05, 0.1) is 0 Å². The number of carbonyl (C=O) groups excluding carboxylic acids is 3. The molecule has 0 amide bonds. The molecule has 1 unspecified atom stereocenters. The van der Waals surface area contributed by atoms with Crippen molar-refractivity contribution in [2.45, 2.75) is 187 Å². The summed E-state index contributed by atoms with van der Waals surface area (Å²) in [5, 5.41) is 0. The quantitative estimate of drug-likeness (QED) is 0.0204. The second-order valence-corrected chi connectivity index (χ2v) is 14.3. The van der Waals surface area contributed by atoms with E-state index in [0.717, 1.165) is 83.5 Å². The van der Waals surface area contributed by atoms with Gasteiger partial charge in [-0.2, -0.15) is 0 Å². The van der Waals surface area contributed by atoms with Crippen LogP contribution in [0.2, 0.25) is 0 Å². The minimum absolute atomic E-state index is 0.119. The highest BCUT2D eigenvalue weighted by molar-refractivity contribution is 5.71. The molecule has 6 heteroatoms. The molecule has 0 aliphatic rings. The molecule has 0 radical (unpaired) electrons. The van der Waals surface area contributed by atoms with Crippen LogP contribution in [0.4, 0.5) is 0 Å². The molecule has 0 fully saturated rings. The Balaban J connectivity index is 4.55. The second kappa shape index (κ2) is 44.0. The number of unbranched alkanes of at least 4 members (excludes halogenated alkanes) is 14. The van der Waals surface area contributed by atoms with Crippen LogP contribution in [0.5, 0.6) is 0 Å². The van der Waals surface area contributed by atoms with Gasteiger partial charge in [0.1, 0.15) is 13.2 Å². The highest BCUT2D eigenvalue weighted by atomic mass is 16.6. The van der Waals surface area contributed by atoms with Gasteiger partial charge in [0.25, 0.3) is 0 Å². The molecule has 56 heavy (non-hydrogen) atoms. The summed E-state index contributed by atoms with van der Waals surface area (Å²) in [6, 6.07) is 0. The molecule has 1 atom stereocenters. The molecule has 0 aromatic heterocycles. The Bertz CT molecular complexity index is 1170. The van der Waals surface area contributed by atoms with E-state index < -0.39 is 6.10 Å². The Morgan fingerprint density at radius 3 is 1.39 bits per heavy atom. The van der Waals surface area contributed by atoms with Crippen LogP contribution in [0.25, 0.3) is 0 Å². The van der Waals surface area contributed by atoms with Gasteiger partial charge >= 0.3 is 17.9 Å². The minimum Gasteiger partial charge on any atom is -0.462 e. The largest absolute Gasteiger partial charge is 0.462 e. The van der Waals surface area contributed by atoms with Crippen molar-refractivity contribution < 1.29 is 28.6 Å². The average Bonchev–Trinajstić information content (AvgIpc) is 3.19. The summed E-state index contributed by atoms with van der Waals surface area (Å²) in [5.74, 6) is -1.04. The molecule has 0 heterocycles. The van der Waals surface area contributed by atoms with Gasteiger partial charge in [-0.25, -0.2) is 0 Å². The van der Waals surface area contributed by atoms with Crippen molar-refractivity contribution in [1.82, 2.24) is 0 Å². The highest BCUT2D eigenvalue weighted by Crippen LogP contribution is 2.11. The lowest BCUT2D eigenvalue weighted by Gasteiger charge is -2.18. The summed E-state index contributed by atoms with van der Waals surface area (Å²) in [7, 11) is 0. The number of rotatable bonds is 38. The van der Waals surface area contributed by atoms with E-state index in [1.807, 2.05) is 36.5 Å². The maximum Gasteiger partial charge on any atom is 0.306 e. The van der Waals surface area contributed by atoms with E-state index in [0.29, 0.717) is 19.3 Å². The van der Waals surface area contributed by atoms with E-state index in [1.165, 1.54) is 44.9 Å². The SMILES string of the molecule is CC\C=C/C=C\C=C/C=C\CCCCCC(=O)OC(COC(=O)CCC/C=C\C/C=C\C/C=C\CC)COC(=O)CCCCC/C=C\CCCCCCCCC. The van der Waals surface area contributed by atoms with E-state index in [2.05, 4.69) is 81.5 Å².